The van der Waals surface area contributed by atoms with Crippen molar-refractivity contribution in [3.05, 3.63) is 29.6 Å². The van der Waals surface area contributed by atoms with E-state index in [0.717, 1.165) is 32.1 Å². The number of Topliss-reactive ketones (excluding diaryl/α,β-unsaturated/α-hetero) is 5. The molecule has 0 aliphatic heterocycles. The van der Waals surface area contributed by atoms with E-state index in [9.17, 15) is 24.0 Å². The zero-order valence-electron chi connectivity index (χ0n) is 37.7. The smallest absolute Gasteiger partial charge is 0.334 e. The maximum atomic E-state index is 11.5. The first-order valence-electron chi connectivity index (χ1n) is 22.3. The normalized spacial score (nSPS) is 39.6. The Labute approximate surface area is 352 Å². The van der Waals surface area contributed by atoms with Crippen LogP contribution >= 0.6 is 0 Å². The van der Waals surface area contributed by atoms with E-state index in [4.69, 9.17) is 0 Å². The molecule has 10 rings (SSSR count). The maximum absolute atomic E-state index is 11.5. The minimum Gasteiger partial charge on any atom is -0.334 e. The summed E-state index contributed by atoms with van der Waals surface area (Å²) in [5.41, 5.74) is 1.33. The van der Waals surface area contributed by atoms with E-state index in [1.165, 1.54) is 61.7 Å². The van der Waals surface area contributed by atoms with Crippen LogP contribution in [-0.2, 0) is 41.0 Å². The van der Waals surface area contributed by atoms with Crippen molar-refractivity contribution in [2.45, 2.75) is 168 Å². The fourth-order valence-electron chi connectivity index (χ4n) is 12.2. The molecule has 10 atom stereocenters. The number of carbonyl (C=O) groups excluding carboxylic acids is 5. The second kappa shape index (κ2) is 15.0. The SMILES string of the molecule is CC1CCC2[C-](C1=O)C2(C)C.CC1CCC2[C-](C1=O)C2(C)C.CC1CCC2[C-](C1=O)C2(C)C.CC1CCC2[C-](C1=O)C2(C)C.CC1CCC2[C-](C1=O)C2(C)C.[Fe+5]. The second-order valence-electron chi connectivity index (χ2n) is 22.7. The van der Waals surface area contributed by atoms with E-state index in [1.807, 2.05) is 0 Å². The molecule has 0 bridgehead atoms. The van der Waals surface area contributed by atoms with E-state index in [0.29, 0.717) is 88.1 Å². The molecule has 10 aliphatic carbocycles. The van der Waals surface area contributed by atoms with Crippen molar-refractivity contribution in [2.24, 2.45) is 86.3 Å². The van der Waals surface area contributed by atoms with Crippen molar-refractivity contribution in [1.82, 2.24) is 0 Å². The number of rotatable bonds is 0. The van der Waals surface area contributed by atoms with Gasteiger partial charge in [0.2, 0.25) is 0 Å². The largest absolute Gasteiger partial charge is 5.00 e. The summed E-state index contributed by atoms with van der Waals surface area (Å²) in [5.74, 6) is 13.2. The van der Waals surface area contributed by atoms with Gasteiger partial charge in [0.15, 0.2) is 0 Å². The zero-order valence-corrected chi connectivity index (χ0v) is 38.8. The Kier molecular flexibility index (Phi) is 12.2. The van der Waals surface area contributed by atoms with Crippen LogP contribution in [0.5, 0.6) is 0 Å². The summed E-state index contributed by atoms with van der Waals surface area (Å²) < 4.78 is 0. The van der Waals surface area contributed by atoms with Crippen LogP contribution in [0.25, 0.3) is 0 Å². The van der Waals surface area contributed by atoms with Crippen LogP contribution in [0.2, 0.25) is 0 Å². The van der Waals surface area contributed by atoms with Crippen molar-refractivity contribution in [1.29, 1.82) is 0 Å². The average molecular weight is 812 g/mol. The van der Waals surface area contributed by atoms with E-state index in [1.54, 1.807) is 0 Å². The molecular formula is C50H75FeO5. The number of carbonyl (C=O) groups is 5. The first-order chi connectivity index (χ1) is 25.2. The summed E-state index contributed by atoms with van der Waals surface area (Å²) >= 11 is 0. The molecule has 0 aromatic carbocycles. The minimum absolute atomic E-state index is 0. The Balaban J connectivity index is 0.000000133. The van der Waals surface area contributed by atoms with Gasteiger partial charge in [0.1, 0.15) is 0 Å². The van der Waals surface area contributed by atoms with Crippen molar-refractivity contribution < 1.29 is 41.0 Å². The number of ketones is 5. The first-order valence-corrected chi connectivity index (χ1v) is 22.3. The standard InChI is InChI=1S/5C10H15O.Fe/c5*1-6-4-5-7-8(9(6)11)10(7,2)3;/h5*6-7H,4-5H2,1-3H3;/q5*-1;+5. The Morgan fingerprint density at radius 2 is 0.429 bits per heavy atom. The van der Waals surface area contributed by atoms with Crippen molar-refractivity contribution >= 4 is 28.9 Å². The number of hydrogen-bond donors (Lipinski definition) is 0. The number of hydrogen-bond acceptors (Lipinski definition) is 5. The predicted octanol–water partition coefficient (Wildman–Crippen LogP) is 11.1. The van der Waals surface area contributed by atoms with E-state index >= 15 is 0 Å². The molecule has 0 heterocycles. The van der Waals surface area contributed by atoms with Gasteiger partial charge in [0.05, 0.1) is 0 Å². The third kappa shape index (κ3) is 7.72. The molecule has 313 valence electrons. The molecule has 0 aromatic rings. The Hall–Kier alpha value is -1.78. The molecule has 0 N–H and O–H groups in total. The molecule has 6 heteroatoms. The Morgan fingerprint density at radius 1 is 0.304 bits per heavy atom. The van der Waals surface area contributed by atoms with Gasteiger partial charge < -0.3 is 53.6 Å². The van der Waals surface area contributed by atoms with Crippen molar-refractivity contribution in [2.75, 3.05) is 0 Å². The quantitative estimate of drug-likeness (QED) is 0.180. The van der Waals surface area contributed by atoms with Crippen LogP contribution in [0.3, 0.4) is 0 Å². The average Bonchev–Trinajstić information content (AvgIpc) is 4.07. The third-order valence-electron chi connectivity index (χ3n) is 17.2. The third-order valence-corrected chi connectivity index (χ3v) is 17.2. The molecule has 56 heavy (non-hydrogen) atoms. The second-order valence-corrected chi connectivity index (χ2v) is 22.7. The number of fused-ring (bicyclic) bond motifs is 5. The molecule has 0 amide bonds. The van der Waals surface area contributed by atoms with Gasteiger partial charge in [-0.2, -0.15) is 56.7 Å². The summed E-state index contributed by atoms with van der Waals surface area (Å²) in [6.45, 7) is 32.3. The van der Waals surface area contributed by atoms with E-state index < -0.39 is 0 Å². The summed E-state index contributed by atoms with van der Waals surface area (Å²) in [6, 6.07) is 0. The topological polar surface area (TPSA) is 85.3 Å². The minimum atomic E-state index is 0. The molecule has 10 fully saturated rings. The molecule has 0 aromatic heterocycles. The van der Waals surface area contributed by atoms with Crippen LogP contribution in [0.1, 0.15) is 168 Å². The van der Waals surface area contributed by atoms with E-state index in [-0.39, 0.29) is 44.1 Å². The zero-order chi connectivity index (χ0) is 41.1. The van der Waals surface area contributed by atoms with Crippen molar-refractivity contribution in [3.63, 3.8) is 0 Å². The monoisotopic (exact) mass is 811 g/mol. The molecule has 0 spiro atoms. The van der Waals surface area contributed by atoms with Crippen LogP contribution in [0.4, 0.5) is 0 Å². The van der Waals surface area contributed by atoms with Crippen LogP contribution in [0.15, 0.2) is 0 Å². The van der Waals surface area contributed by atoms with Crippen molar-refractivity contribution in [3.8, 4) is 0 Å². The van der Waals surface area contributed by atoms with Gasteiger partial charge in [-0.15, -0.1) is 0 Å². The molecule has 0 saturated heterocycles. The van der Waals surface area contributed by atoms with E-state index in [2.05, 4.69) is 104 Å². The molecular weight excluding hydrogens is 736 g/mol. The summed E-state index contributed by atoms with van der Waals surface area (Å²) in [7, 11) is 0. The molecule has 10 saturated carbocycles. The van der Waals surface area contributed by atoms with Gasteiger partial charge in [0.25, 0.3) is 0 Å². The molecule has 10 aliphatic rings. The maximum Gasteiger partial charge on any atom is 5.00 e. The fraction of sp³-hybridized carbons (Fsp3) is 0.800. The van der Waals surface area contributed by atoms with Gasteiger partial charge >= 0.3 is 17.1 Å². The van der Waals surface area contributed by atoms with Gasteiger partial charge in [-0.05, 0) is 61.7 Å². The molecule has 1 radical (unpaired) electrons. The van der Waals surface area contributed by atoms with Gasteiger partial charge in [-0.3, -0.25) is 0 Å². The van der Waals surface area contributed by atoms with Gasteiger partial charge in [-0.1, -0.05) is 136 Å². The summed E-state index contributed by atoms with van der Waals surface area (Å²) in [5, 5.41) is 0. The van der Waals surface area contributed by atoms with Crippen LogP contribution in [0, 0.1) is 116 Å². The Morgan fingerprint density at radius 3 is 0.536 bits per heavy atom. The molecule has 10 unspecified atom stereocenters. The van der Waals surface area contributed by atoms with Crippen LogP contribution in [-0.4, -0.2) is 28.9 Å². The molecule has 5 nitrogen and oxygen atoms in total. The summed E-state index contributed by atoms with van der Waals surface area (Å²) in [4.78, 5) is 57.7. The fourth-order valence-corrected chi connectivity index (χ4v) is 12.2. The Bertz CT molecular complexity index is 1300. The van der Waals surface area contributed by atoms with Crippen LogP contribution < -0.4 is 0 Å². The van der Waals surface area contributed by atoms with Gasteiger partial charge in [-0.25, -0.2) is 0 Å². The van der Waals surface area contributed by atoms with Gasteiger partial charge in [0, 0.05) is 28.9 Å². The predicted molar refractivity (Wildman–Crippen MR) is 220 cm³/mol. The summed E-state index contributed by atoms with van der Waals surface area (Å²) in [6.07, 6.45) is 11.8. The first kappa shape index (κ1) is 45.3.